The first-order valence-electron chi connectivity index (χ1n) is 5.31. The number of nitrogens with one attached hydrogen (secondary N) is 1. The van der Waals surface area contributed by atoms with Gasteiger partial charge in [-0.25, -0.2) is 0 Å². The van der Waals surface area contributed by atoms with Crippen LogP contribution in [0.3, 0.4) is 0 Å². The second-order valence-corrected chi connectivity index (χ2v) is 4.45. The van der Waals surface area contributed by atoms with E-state index in [1.807, 2.05) is 0 Å². The molecule has 0 rings (SSSR count). The van der Waals surface area contributed by atoms with Crippen LogP contribution in [0.15, 0.2) is 5.16 Å². The molecule has 0 aliphatic carbocycles. The van der Waals surface area contributed by atoms with Crippen LogP contribution < -0.4 is 16.8 Å². The van der Waals surface area contributed by atoms with Gasteiger partial charge in [-0.15, -0.1) is 0 Å². The molecular formula is C10H20N4O3. The van der Waals surface area contributed by atoms with Gasteiger partial charge in [0.15, 0.2) is 5.84 Å². The quantitative estimate of drug-likeness (QED) is 0.215. The Balaban J connectivity index is 4.50. The number of oxime groups is 1. The molecule has 7 nitrogen and oxygen atoms in total. The first-order valence-corrected chi connectivity index (χ1v) is 5.31. The molecule has 0 aromatic heterocycles. The van der Waals surface area contributed by atoms with Gasteiger partial charge >= 0.3 is 0 Å². The molecule has 0 aliphatic heterocycles. The molecule has 98 valence electrons. The Kier molecular flexibility index (Phi) is 5.43. The van der Waals surface area contributed by atoms with Gasteiger partial charge in [0.1, 0.15) is 0 Å². The number of hydrogen-bond acceptors (Lipinski definition) is 4. The molecule has 6 N–H and O–H groups in total. The first kappa shape index (κ1) is 15.2. The molecule has 0 fully saturated rings. The maximum Gasteiger partial charge on any atom is 0.230 e. The molecule has 0 saturated carbocycles. The fourth-order valence-electron chi connectivity index (χ4n) is 1.12. The number of amidine groups is 1. The monoisotopic (exact) mass is 244 g/mol. The van der Waals surface area contributed by atoms with Crippen molar-refractivity contribution in [1.29, 1.82) is 0 Å². The fraction of sp³-hybridized carbons (Fsp3) is 0.700. The van der Waals surface area contributed by atoms with Gasteiger partial charge in [-0.05, 0) is 20.3 Å². The Morgan fingerprint density at radius 3 is 2.29 bits per heavy atom. The second kappa shape index (κ2) is 6.07. The number of amides is 2. The van der Waals surface area contributed by atoms with Gasteiger partial charge in [0.05, 0.1) is 11.3 Å². The molecular weight excluding hydrogens is 224 g/mol. The van der Waals surface area contributed by atoms with Crippen molar-refractivity contribution in [3.8, 4) is 0 Å². The van der Waals surface area contributed by atoms with Crippen LogP contribution in [0.4, 0.5) is 0 Å². The molecule has 0 aromatic carbocycles. The molecule has 0 bridgehead atoms. The maximum atomic E-state index is 11.7. The summed E-state index contributed by atoms with van der Waals surface area (Å²) in [4.78, 5) is 22.8. The van der Waals surface area contributed by atoms with Crippen LogP contribution in [0.5, 0.6) is 0 Å². The van der Waals surface area contributed by atoms with Crippen LogP contribution in [0.25, 0.3) is 0 Å². The zero-order valence-corrected chi connectivity index (χ0v) is 10.4. The van der Waals surface area contributed by atoms with Crippen LogP contribution >= 0.6 is 0 Å². The van der Waals surface area contributed by atoms with Gasteiger partial charge in [-0.1, -0.05) is 12.1 Å². The van der Waals surface area contributed by atoms with E-state index < -0.39 is 23.1 Å². The third kappa shape index (κ3) is 4.29. The molecule has 1 unspecified atom stereocenters. The lowest BCUT2D eigenvalue weighted by molar-refractivity contribution is -0.127. The van der Waals surface area contributed by atoms with Crippen molar-refractivity contribution in [2.45, 2.75) is 27.2 Å². The number of carbonyl (C=O) groups excluding carboxylic acids is 2. The smallest absolute Gasteiger partial charge is 0.230 e. The summed E-state index contributed by atoms with van der Waals surface area (Å²) in [6, 6.07) is 0. The number of rotatable bonds is 6. The highest BCUT2D eigenvalue weighted by atomic mass is 16.4. The Hall–Kier alpha value is -1.79. The minimum Gasteiger partial charge on any atom is -0.409 e. The zero-order chi connectivity index (χ0) is 13.6. The Labute approximate surface area is 100 Å². The van der Waals surface area contributed by atoms with Crippen LogP contribution in [0, 0.1) is 11.3 Å². The molecule has 0 heterocycles. The molecule has 1 atom stereocenters. The van der Waals surface area contributed by atoms with Gasteiger partial charge < -0.3 is 22.0 Å². The summed E-state index contributed by atoms with van der Waals surface area (Å²) in [5.74, 6) is -1.75. The summed E-state index contributed by atoms with van der Waals surface area (Å²) in [7, 11) is 0. The highest BCUT2D eigenvalue weighted by molar-refractivity contribution is 6.02. The maximum absolute atomic E-state index is 11.7. The van der Waals surface area contributed by atoms with Crippen LogP contribution in [0.2, 0.25) is 0 Å². The van der Waals surface area contributed by atoms with E-state index in [0.717, 1.165) is 0 Å². The van der Waals surface area contributed by atoms with E-state index in [1.54, 1.807) is 20.8 Å². The van der Waals surface area contributed by atoms with Crippen molar-refractivity contribution < 1.29 is 14.8 Å². The van der Waals surface area contributed by atoms with Crippen LogP contribution in [-0.2, 0) is 9.59 Å². The molecule has 7 heteroatoms. The minimum absolute atomic E-state index is 0.108. The van der Waals surface area contributed by atoms with E-state index in [2.05, 4.69) is 10.5 Å². The summed E-state index contributed by atoms with van der Waals surface area (Å²) in [5.41, 5.74) is 9.71. The van der Waals surface area contributed by atoms with Gasteiger partial charge in [-0.2, -0.15) is 0 Å². The summed E-state index contributed by atoms with van der Waals surface area (Å²) in [6.07, 6.45) is 0.402. The van der Waals surface area contributed by atoms with Crippen molar-refractivity contribution in [3.63, 3.8) is 0 Å². The Morgan fingerprint density at radius 1 is 1.41 bits per heavy atom. The fourth-order valence-corrected chi connectivity index (χ4v) is 1.12. The lowest BCUT2D eigenvalue weighted by Gasteiger charge is -2.22. The lowest BCUT2D eigenvalue weighted by Crippen LogP contribution is -2.46. The first-order chi connectivity index (χ1) is 7.76. The predicted octanol–water partition coefficient (Wildman–Crippen LogP) is -0.613. The average molecular weight is 244 g/mol. The Morgan fingerprint density at radius 2 is 1.94 bits per heavy atom. The molecule has 0 radical (unpaired) electrons. The average Bonchev–Trinajstić information content (AvgIpc) is 2.26. The van der Waals surface area contributed by atoms with Crippen LogP contribution in [-0.4, -0.2) is 29.4 Å². The van der Waals surface area contributed by atoms with E-state index in [0.29, 0.717) is 6.42 Å². The zero-order valence-electron chi connectivity index (χ0n) is 10.4. The van der Waals surface area contributed by atoms with E-state index in [9.17, 15) is 9.59 Å². The van der Waals surface area contributed by atoms with E-state index >= 15 is 0 Å². The highest BCUT2D eigenvalue weighted by Gasteiger charge is 2.28. The summed E-state index contributed by atoms with van der Waals surface area (Å²) < 4.78 is 0. The van der Waals surface area contributed by atoms with Gasteiger partial charge in [0, 0.05) is 6.54 Å². The molecule has 0 saturated heterocycles. The number of hydrogen-bond donors (Lipinski definition) is 4. The van der Waals surface area contributed by atoms with Crippen molar-refractivity contribution in [2.24, 2.45) is 28.0 Å². The molecule has 0 spiro atoms. The van der Waals surface area contributed by atoms with Crippen molar-refractivity contribution >= 4 is 17.6 Å². The number of primary amides is 1. The lowest BCUT2D eigenvalue weighted by atomic mass is 9.92. The molecule has 0 aromatic rings. The number of nitrogens with two attached hydrogens (primary N) is 2. The highest BCUT2D eigenvalue weighted by Crippen LogP contribution is 2.12. The standard InChI is InChI=1S/C10H20N4O3/c1-4-6(7(11)14-17)8(15)13-5-10(2,3)9(12)16/h6,17H,4-5H2,1-3H3,(H2,11,14)(H2,12,16)(H,13,15). The topological polar surface area (TPSA) is 131 Å². The predicted molar refractivity (Wildman–Crippen MR) is 63.2 cm³/mol. The second-order valence-electron chi connectivity index (χ2n) is 4.45. The van der Waals surface area contributed by atoms with E-state index in [4.69, 9.17) is 16.7 Å². The molecule has 2 amide bonds. The van der Waals surface area contributed by atoms with Crippen LogP contribution in [0.1, 0.15) is 27.2 Å². The number of carbonyl (C=O) groups is 2. The number of nitrogens with zero attached hydrogens (tertiary/aromatic N) is 1. The van der Waals surface area contributed by atoms with Crippen molar-refractivity contribution in [1.82, 2.24) is 5.32 Å². The summed E-state index contributed by atoms with van der Waals surface area (Å²) in [6.45, 7) is 5.10. The molecule has 0 aliphatic rings. The largest absolute Gasteiger partial charge is 0.409 e. The molecule has 17 heavy (non-hydrogen) atoms. The normalized spacial score (nSPS) is 14.2. The van der Waals surface area contributed by atoms with Gasteiger partial charge in [-0.3, -0.25) is 9.59 Å². The summed E-state index contributed by atoms with van der Waals surface area (Å²) >= 11 is 0. The van der Waals surface area contributed by atoms with E-state index in [1.165, 1.54) is 0 Å². The van der Waals surface area contributed by atoms with Gasteiger partial charge in [0.25, 0.3) is 0 Å². The van der Waals surface area contributed by atoms with Gasteiger partial charge in [0.2, 0.25) is 11.8 Å². The summed E-state index contributed by atoms with van der Waals surface area (Å²) in [5, 5.41) is 13.9. The third-order valence-corrected chi connectivity index (χ3v) is 2.57. The Bertz CT molecular complexity index is 326. The van der Waals surface area contributed by atoms with Crippen molar-refractivity contribution in [3.05, 3.63) is 0 Å². The SMILES string of the molecule is CCC(C(=O)NCC(C)(C)C(N)=O)C(N)=NO. The van der Waals surface area contributed by atoms with Crippen molar-refractivity contribution in [2.75, 3.05) is 6.54 Å². The third-order valence-electron chi connectivity index (χ3n) is 2.57. The van der Waals surface area contributed by atoms with E-state index in [-0.39, 0.29) is 12.4 Å². The minimum atomic E-state index is -0.834.